The maximum absolute atomic E-state index is 13.1. The molecule has 2 aliphatic rings. The maximum Gasteiger partial charge on any atom is 0.283 e. The van der Waals surface area contributed by atoms with E-state index in [9.17, 15) is 4.79 Å². The summed E-state index contributed by atoms with van der Waals surface area (Å²) in [6.07, 6.45) is 3.89. The number of rotatable bonds is 4. The van der Waals surface area contributed by atoms with Gasteiger partial charge in [0.05, 0.1) is 11.3 Å². The lowest BCUT2D eigenvalue weighted by Gasteiger charge is -2.26. The molecule has 1 amide bonds. The Morgan fingerprint density at radius 3 is 2.45 bits per heavy atom. The minimum atomic E-state index is -0.387. The van der Waals surface area contributed by atoms with E-state index in [0.29, 0.717) is 11.7 Å². The van der Waals surface area contributed by atoms with E-state index >= 15 is 0 Å². The number of amidine groups is 2. The molecule has 6 heteroatoms. The summed E-state index contributed by atoms with van der Waals surface area (Å²) in [5.74, 6) is -0.242. The molecule has 3 heterocycles. The van der Waals surface area contributed by atoms with E-state index in [-0.39, 0.29) is 17.3 Å². The molecule has 5 nitrogen and oxygen atoms in total. The molecule has 0 spiro atoms. The van der Waals surface area contributed by atoms with Crippen LogP contribution in [0.1, 0.15) is 16.7 Å². The highest BCUT2D eigenvalue weighted by Gasteiger charge is 2.36. The van der Waals surface area contributed by atoms with Crippen molar-refractivity contribution in [1.29, 1.82) is 5.41 Å². The molecule has 0 bridgehead atoms. The Hall–Kier alpha value is -4.68. The van der Waals surface area contributed by atoms with Crippen LogP contribution in [0, 0.1) is 5.41 Å². The van der Waals surface area contributed by atoms with Crippen LogP contribution < -0.4 is 0 Å². The summed E-state index contributed by atoms with van der Waals surface area (Å²) in [4.78, 5) is 19.2. The smallest absolute Gasteiger partial charge is 0.283 e. The number of thioether (sulfide) groups is 1. The van der Waals surface area contributed by atoms with Gasteiger partial charge in [-0.3, -0.25) is 15.1 Å². The van der Waals surface area contributed by atoms with Crippen LogP contribution in [-0.2, 0) is 11.3 Å². The van der Waals surface area contributed by atoms with Crippen LogP contribution in [0.25, 0.3) is 33.4 Å². The van der Waals surface area contributed by atoms with Crippen molar-refractivity contribution in [2.45, 2.75) is 6.54 Å². The minimum absolute atomic E-state index is 0.144. The monoisotopic (exact) mass is 510 g/mol. The molecule has 4 aromatic carbocycles. The van der Waals surface area contributed by atoms with Gasteiger partial charge in [0.1, 0.15) is 5.84 Å². The van der Waals surface area contributed by atoms with E-state index in [1.807, 2.05) is 53.9 Å². The number of amides is 1. The normalized spacial score (nSPS) is 16.3. The summed E-state index contributed by atoms with van der Waals surface area (Å²) >= 11 is 1.37. The van der Waals surface area contributed by atoms with E-state index in [4.69, 9.17) is 5.41 Å². The molecule has 0 atom stereocenters. The molecular formula is C32H22N4OS. The number of nitrogens with one attached hydrogen (secondary N) is 1. The molecule has 7 rings (SSSR count). The van der Waals surface area contributed by atoms with Crippen LogP contribution in [0.3, 0.4) is 0 Å². The zero-order chi connectivity index (χ0) is 25.6. The van der Waals surface area contributed by atoms with E-state index in [2.05, 4.69) is 70.4 Å². The van der Waals surface area contributed by atoms with Gasteiger partial charge in [-0.25, -0.2) is 0 Å². The summed E-state index contributed by atoms with van der Waals surface area (Å²) in [7, 11) is 0. The molecule has 0 saturated carbocycles. The molecule has 0 aliphatic carbocycles. The summed E-state index contributed by atoms with van der Waals surface area (Å²) in [5, 5.41) is 15.0. The molecule has 0 fully saturated rings. The molecule has 0 unspecified atom stereocenters. The number of para-hydroxylation sites is 1. The topological polar surface area (TPSA) is 61.5 Å². The number of hydrogen-bond acceptors (Lipinski definition) is 3. The number of aromatic nitrogens is 1. The Morgan fingerprint density at radius 1 is 0.842 bits per heavy atom. The number of hydrogen-bond donors (Lipinski definition) is 1. The van der Waals surface area contributed by atoms with Crippen LogP contribution in [0.4, 0.5) is 0 Å². The fourth-order valence-corrected chi connectivity index (χ4v) is 6.09. The van der Waals surface area contributed by atoms with Crippen LogP contribution in [0.2, 0.25) is 0 Å². The molecular weight excluding hydrogens is 488 g/mol. The predicted octanol–water partition coefficient (Wildman–Crippen LogP) is 7.15. The van der Waals surface area contributed by atoms with Gasteiger partial charge in [-0.05, 0) is 34.0 Å². The number of benzene rings is 4. The minimum Gasteiger partial charge on any atom is -0.342 e. The zero-order valence-corrected chi connectivity index (χ0v) is 21.2. The predicted molar refractivity (Wildman–Crippen MR) is 157 cm³/mol. The Bertz CT molecular complexity index is 1860. The average molecular weight is 511 g/mol. The summed E-state index contributed by atoms with van der Waals surface area (Å²) in [6, 6.07) is 32.9. The first-order valence-electron chi connectivity index (χ1n) is 12.4. The SMILES string of the molecule is N=C1/C(=C/c2cn(Cc3cccc4ccccc34)c3ccccc23)C(=O)N=C2SC=C(c3ccccc3)N12. The highest BCUT2D eigenvalue weighted by molar-refractivity contribution is 8.17. The van der Waals surface area contributed by atoms with Crippen LogP contribution in [0.15, 0.2) is 119 Å². The zero-order valence-electron chi connectivity index (χ0n) is 20.3. The van der Waals surface area contributed by atoms with Crippen molar-refractivity contribution in [3.8, 4) is 0 Å². The quantitative estimate of drug-likeness (QED) is 0.261. The van der Waals surface area contributed by atoms with E-state index in [1.165, 1.54) is 28.1 Å². The molecule has 0 saturated heterocycles. The highest BCUT2D eigenvalue weighted by Crippen LogP contribution is 2.38. The van der Waals surface area contributed by atoms with Crippen LogP contribution in [-0.4, -0.2) is 26.4 Å². The number of aliphatic imine (C=N–C) groups is 1. The standard InChI is InChI=1S/C32H22N4OS/c33-30-27(31(37)34-32-36(30)29(20-38-32)22-10-2-1-3-11-22)17-24-19-35(28-16-7-6-15-26(24)28)18-23-13-8-12-21-9-4-5-14-25(21)23/h1-17,19-20,33H,18H2/b27-17-,33-30?. The van der Waals surface area contributed by atoms with E-state index < -0.39 is 0 Å². The lowest BCUT2D eigenvalue weighted by atomic mass is 10.0. The van der Waals surface area contributed by atoms with Gasteiger partial charge in [0.2, 0.25) is 0 Å². The first-order chi connectivity index (χ1) is 18.7. The van der Waals surface area contributed by atoms with Gasteiger partial charge in [0.25, 0.3) is 5.91 Å². The van der Waals surface area contributed by atoms with Crippen molar-refractivity contribution < 1.29 is 4.79 Å². The number of carbonyl (C=O) groups is 1. The molecule has 5 aromatic rings. The Labute approximate surface area is 223 Å². The first kappa shape index (κ1) is 22.5. The molecule has 2 aliphatic heterocycles. The fraction of sp³-hybridized carbons (Fsp3) is 0.0312. The van der Waals surface area contributed by atoms with Crippen molar-refractivity contribution in [3.05, 3.63) is 131 Å². The van der Waals surface area contributed by atoms with Crippen molar-refractivity contribution in [3.63, 3.8) is 0 Å². The fourth-order valence-electron chi connectivity index (χ4n) is 5.20. The molecule has 0 radical (unpaired) electrons. The maximum atomic E-state index is 13.1. The van der Waals surface area contributed by atoms with Gasteiger partial charge < -0.3 is 4.57 Å². The third-order valence-electron chi connectivity index (χ3n) is 7.02. The number of nitrogens with zero attached hydrogens (tertiary/aromatic N) is 3. The molecule has 1 N–H and O–H groups in total. The second-order valence-corrected chi connectivity index (χ2v) is 10.1. The summed E-state index contributed by atoms with van der Waals surface area (Å²) in [6.45, 7) is 0.697. The molecule has 1 aromatic heterocycles. The lowest BCUT2D eigenvalue weighted by molar-refractivity contribution is -0.114. The van der Waals surface area contributed by atoms with Gasteiger partial charge in [-0.1, -0.05) is 103 Å². The first-order valence-corrected chi connectivity index (χ1v) is 13.3. The number of carbonyl (C=O) groups excluding carboxylic acids is 1. The molecule has 38 heavy (non-hydrogen) atoms. The second kappa shape index (κ2) is 9.01. The number of fused-ring (bicyclic) bond motifs is 3. The van der Waals surface area contributed by atoms with Gasteiger partial charge in [-0.2, -0.15) is 4.99 Å². The van der Waals surface area contributed by atoms with Crippen LogP contribution in [0.5, 0.6) is 0 Å². The third kappa shape index (κ3) is 3.69. The Kier molecular flexibility index (Phi) is 5.34. The van der Waals surface area contributed by atoms with Gasteiger partial charge in [0, 0.05) is 34.6 Å². The summed E-state index contributed by atoms with van der Waals surface area (Å²) in [5.41, 5.74) is 5.32. The molecule has 182 valence electrons. The lowest BCUT2D eigenvalue weighted by Crippen LogP contribution is -2.37. The van der Waals surface area contributed by atoms with Crippen molar-refractivity contribution >= 4 is 62.1 Å². The second-order valence-electron chi connectivity index (χ2n) is 9.30. The van der Waals surface area contributed by atoms with Gasteiger partial charge in [0.15, 0.2) is 5.17 Å². The van der Waals surface area contributed by atoms with Crippen LogP contribution >= 0.6 is 11.8 Å². The van der Waals surface area contributed by atoms with E-state index in [0.717, 1.165) is 27.7 Å². The highest BCUT2D eigenvalue weighted by atomic mass is 32.2. The van der Waals surface area contributed by atoms with Crippen molar-refractivity contribution in [1.82, 2.24) is 9.47 Å². The third-order valence-corrected chi connectivity index (χ3v) is 7.85. The van der Waals surface area contributed by atoms with E-state index in [1.54, 1.807) is 4.90 Å². The van der Waals surface area contributed by atoms with Crippen molar-refractivity contribution in [2.24, 2.45) is 4.99 Å². The Morgan fingerprint density at radius 2 is 1.58 bits per heavy atom. The Balaban J connectivity index is 1.30. The van der Waals surface area contributed by atoms with Gasteiger partial charge in [-0.15, -0.1) is 0 Å². The largest absolute Gasteiger partial charge is 0.342 e. The summed E-state index contributed by atoms with van der Waals surface area (Å²) < 4.78 is 2.22. The average Bonchev–Trinajstić information content (AvgIpc) is 3.53. The van der Waals surface area contributed by atoms with Gasteiger partial charge >= 0.3 is 0 Å². The van der Waals surface area contributed by atoms with Crippen molar-refractivity contribution in [2.75, 3.05) is 0 Å².